The number of benzene rings is 2. The molecule has 1 aliphatic rings. The maximum atomic E-state index is 12.6. The largest absolute Gasteiger partial charge is 0.486 e. The van der Waals surface area contributed by atoms with Crippen LogP contribution in [0.2, 0.25) is 5.02 Å². The highest BCUT2D eigenvalue weighted by atomic mass is 35.5. The molecule has 7 heteroatoms. The van der Waals surface area contributed by atoms with Crippen LogP contribution < -0.4 is 20.6 Å². The Morgan fingerprint density at radius 2 is 1.69 bits per heavy atom. The van der Waals surface area contributed by atoms with E-state index < -0.39 is 11.1 Å². The monoisotopic (exact) mass is 370 g/mol. The van der Waals surface area contributed by atoms with Crippen molar-refractivity contribution in [1.82, 2.24) is 9.13 Å². The predicted octanol–water partition coefficient (Wildman–Crippen LogP) is 2.47. The van der Waals surface area contributed by atoms with E-state index in [9.17, 15) is 9.59 Å². The van der Waals surface area contributed by atoms with Crippen LogP contribution >= 0.6 is 11.6 Å². The van der Waals surface area contributed by atoms with Gasteiger partial charge in [0.2, 0.25) is 0 Å². The van der Waals surface area contributed by atoms with Crippen molar-refractivity contribution in [3.05, 3.63) is 86.2 Å². The Morgan fingerprint density at radius 3 is 2.50 bits per heavy atom. The molecule has 132 valence electrons. The normalized spacial score (nSPS) is 12.8. The van der Waals surface area contributed by atoms with Gasteiger partial charge in [0.05, 0.1) is 12.2 Å². The second-order valence-electron chi connectivity index (χ2n) is 5.83. The number of halogens is 1. The quantitative estimate of drug-likeness (QED) is 0.664. The van der Waals surface area contributed by atoms with Gasteiger partial charge in [-0.1, -0.05) is 29.8 Å². The van der Waals surface area contributed by atoms with E-state index in [1.807, 2.05) is 18.2 Å². The lowest BCUT2D eigenvalue weighted by atomic mass is 10.2. The average molecular weight is 371 g/mol. The van der Waals surface area contributed by atoms with Crippen molar-refractivity contribution in [1.29, 1.82) is 0 Å². The van der Waals surface area contributed by atoms with Gasteiger partial charge >= 0.3 is 11.1 Å². The zero-order chi connectivity index (χ0) is 18.1. The molecule has 0 amide bonds. The second-order valence-corrected chi connectivity index (χ2v) is 6.23. The maximum Gasteiger partial charge on any atom is 0.320 e. The Morgan fingerprint density at radius 1 is 0.923 bits per heavy atom. The summed E-state index contributed by atoms with van der Waals surface area (Å²) >= 11 is 6.14. The minimum Gasteiger partial charge on any atom is -0.486 e. The van der Waals surface area contributed by atoms with Gasteiger partial charge in [-0.25, -0.2) is 0 Å². The highest BCUT2D eigenvalue weighted by molar-refractivity contribution is 6.31. The highest BCUT2D eigenvalue weighted by Gasteiger charge is 2.14. The van der Waals surface area contributed by atoms with Gasteiger partial charge < -0.3 is 14.0 Å². The van der Waals surface area contributed by atoms with Crippen molar-refractivity contribution in [3.8, 4) is 17.2 Å². The zero-order valence-corrected chi connectivity index (χ0v) is 14.5. The van der Waals surface area contributed by atoms with Crippen molar-refractivity contribution in [2.45, 2.75) is 6.54 Å². The molecule has 0 saturated heterocycles. The first kappa shape index (κ1) is 16.5. The summed E-state index contributed by atoms with van der Waals surface area (Å²) in [5, 5.41) is 0.551. The molecule has 6 nitrogen and oxygen atoms in total. The number of rotatable bonds is 3. The molecule has 2 aromatic carbocycles. The van der Waals surface area contributed by atoms with Crippen LogP contribution in [0.15, 0.2) is 64.4 Å². The minimum absolute atomic E-state index is 0.232. The lowest BCUT2D eigenvalue weighted by molar-refractivity contribution is 0.171. The fourth-order valence-corrected chi connectivity index (χ4v) is 3.02. The van der Waals surface area contributed by atoms with E-state index in [-0.39, 0.29) is 6.54 Å². The first-order valence-corrected chi connectivity index (χ1v) is 8.47. The number of aromatic nitrogens is 2. The van der Waals surface area contributed by atoms with Gasteiger partial charge in [0.25, 0.3) is 0 Å². The Kier molecular flexibility index (Phi) is 4.26. The van der Waals surface area contributed by atoms with Crippen molar-refractivity contribution in [2.24, 2.45) is 0 Å². The summed E-state index contributed by atoms with van der Waals surface area (Å²) in [5.74, 6) is 1.18. The van der Waals surface area contributed by atoms with Crippen LogP contribution in [0, 0.1) is 0 Å². The number of hydrogen-bond donors (Lipinski definition) is 0. The summed E-state index contributed by atoms with van der Waals surface area (Å²) in [6.45, 7) is 1.17. The fourth-order valence-electron chi connectivity index (χ4n) is 2.83. The first-order valence-electron chi connectivity index (χ1n) is 8.09. The van der Waals surface area contributed by atoms with Crippen molar-refractivity contribution in [2.75, 3.05) is 13.2 Å². The molecule has 0 unspecified atom stereocenters. The summed E-state index contributed by atoms with van der Waals surface area (Å²) in [4.78, 5) is 25.1. The summed E-state index contributed by atoms with van der Waals surface area (Å²) < 4.78 is 13.6. The van der Waals surface area contributed by atoms with E-state index in [4.69, 9.17) is 21.1 Å². The molecule has 0 atom stereocenters. The van der Waals surface area contributed by atoms with Gasteiger partial charge in [0.1, 0.15) is 13.2 Å². The van der Waals surface area contributed by atoms with Gasteiger partial charge in [0, 0.05) is 23.5 Å². The number of ether oxygens (including phenoxy) is 2. The molecule has 2 heterocycles. The third kappa shape index (κ3) is 2.99. The van der Waals surface area contributed by atoms with Gasteiger partial charge in [-0.15, -0.1) is 0 Å². The molecule has 0 N–H and O–H groups in total. The standard InChI is InChI=1S/C19H15ClN2O4/c20-15-4-2-1-3-13(15)12-21-7-8-22(19(24)18(21)23)14-5-6-16-17(11-14)26-10-9-25-16/h1-8,11H,9-10,12H2. The van der Waals surface area contributed by atoms with Crippen LogP contribution in [0.1, 0.15) is 5.56 Å². The van der Waals surface area contributed by atoms with E-state index in [0.29, 0.717) is 35.4 Å². The first-order chi connectivity index (χ1) is 12.6. The molecule has 1 aliphatic heterocycles. The second kappa shape index (κ2) is 6.72. The smallest absolute Gasteiger partial charge is 0.320 e. The van der Waals surface area contributed by atoms with Gasteiger partial charge in [-0.05, 0) is 23.8 Å². The molecular formula is C19H15ClN2O4. The summed E-state index contributed by atoms with van der Waals surface area (Å²) in [7, 11) is 0. The van der Waals surface area contributed by atoms with Crippen molar-refractivity contribution >= 4 is 11.6 Å². The Balaban J connectivity index is 1.72. The van der Waals surface area contributed by atoms with Gasteiger partial charge in [-0.3, -0.25) is 14.2 Å². The lowest BCUT2D eigenvalue weighted by Gasteiger charge is -2.19. The van der Waals surface area contributed by atoms with Crippen LogP contribution in [-0.4, -0.2) is 22.3 Å². The molecule has 0 radical (unpaired) electrons. The third-order valence-corrected chi connectivity index (χ3v) is 4.53. The molecule has 1 aromatic heterocycles. The molecule has 0 saturated carbocycles. The highest BCUT2D eigenvalue weighted by Crippen LogP contribution is 2.31. The molecule has 0 spiro atoms. The minimum atomic E-state index is -0.642. The number of fused-ring (bicyclic) bond motifs is 1. The predicted molar refractivity (Wildman–Crippen MR) is 97.8 cm³/mol. The molecule has 3 aromatic rings. The number of hydrogen-bond acceptors (Lipinski definition) is 4. The van der Waals surface area contributed by atoms with E-state index in [1.54, 1.807) is 36.7 Å². The molecule has 0 aliphatic carbocycles. The average Bonchev–Trinajstić information content (AvgIpc) is 2.67. The Hall–Kier alpha value is -2.99. The third-order valence-electron chi connectivity index (χ3n) is 4.16. The molecule has 26 heavy (non-hydrogen) atoms. The van der Waals surface area contributed by atoms with E-state index in [0.717, 1.165) is 5.56 Å². The molecule has 0 fully saturated rings. The SMILES string of the molecule is O=c1c(=O)n(-c2ccc3c(c2)OCCO3)ccn1Cc1ccccc1Cl. The van der Waals surface area contributed by atoms with Crippen LogP contribution in [0.3, 0.4) is 0 Å². The van der Waals surface area contributed by atoms with Crippen LogP contribution in [0.4, 0.5) is 0 Å². The van der Waals surface area contributed by atoms with E-state index in [2.05, 4.69) is 0 Å². The van der Waals surface area contributed by atoms with Crippen molar-refractivity contribution in [3.63, 3.8) is 0 Å². The number of nitrogens with zero attached hydrogens (tertiary/aromatic N) is 2. The molecule has 0 bridgehead atoms. The van der Waals surface area contributed by atoms with Crippen LogP contribution in [-0.2, 0) is 6.54 Å². The van der Waals surface area contributed by atoms with E-state index in [1.165, 1.54) is 9.13 Å². The van der Waals surface area contributed by atoms with E-state index >= 15 is 0 Å². The fraction of sp³-hybridized carbons (Fsp3) is 0.158. The maximum absolute atomic E-state index is 12.6. The van der Waals surface area contributed by atoms with Gasteiger partial charge in [-0.2, -0.15) is 0 Å². The van der Waals surface area contributed by atoms with Crippen molar-refractivity contribution < 1.29 is 9.47 Å². The lowest BCUT2D eigenvalue weighted by Crippen LogP contribution is -2.40. The van der Waals surface area contributed by atoms with Crippen LogP contribution in [0.5, 0.6) is 11.5 Å². The van der Waals surface area contributed by atoms with Gasteiger partial charge in [0.15, 0.2) is 11.5 Å². The van der Waals surface area contributed by atoms with Crippen LogP contribution in [0.25, 0.3) is 5.69 Å². The molecular weight excluding hydrogens is 356 g/mol. The topological polar surface area (TPSA) is 62.5 Å². The summed E-state index contributed by atoms with van der Waals surface area (Å²) in [5.41, 5.74) is 0.0486. The summed E-state index contributed by atoms with van der Waals surface area (Å²) in [6.07, 6.45) is 3.13. The Bertz CT molecular complexity index is 1090. The summed E-state index contributed by atoms with van der Waals surface area (Å²) in [6, 6.07) is 12.3. The zero-order valence-electron chi connectivity index (χ0n) is 13.7. The molecule has 4 rings (SSSR count). The Labute approximate surface area is 153 Å².